The van der Waals surface area contributed by atoms with Crippen LogP contribution >= 0.6 is 35.1 Å². The molecule has 7 heteroatoms. The minimum atomic E-state index is -0.0914. The molecule has 2 heterocycles. The molecule has 0 bridgehead atoms. The third-order valence-electron chi connectivity index (χ3n) is 3.96. The van der Waals surface area contributed by atoms with Gasteiger partial charge in [0, 0.05) is 27.4 Å². The maximum absolute atomic E-state index is 13.1. The van der Waals surface area contributed by atoms with Crippen molar-refractivity contribution in [3.8, 4) is 0 Å². The number of halogens is 1. The minimum Gasteiger partial charge on any atom is -0.325 e. The molecule has 0 saturated carbocycles. The van der Waals surface area contributed by atoms with Crippen LogP contribution in [-0.2, 0) is 19.5 Å². The molecule has 1 amide bonds. The molecule has 0 radical (unpaired) electrons. The number of nitrogens with two attached hydrogens (primary N) is 1. The van der Waals surface area contributed by atoms with Crippen molar-refractivity contribution in [2.45, 2.75) is 33.4 Å². The summed E-state index contributed by atoms with van der Waals surface area (Å²) in [6.45, 7) is 5.09. The highest BCUT2D eigenvalue weighted by Gasteiger charge is 2.21. The minimum absolute atomic E-state index is 0. The van der Waals surface area contributed by atoms with Crippen LogP contribution in [-0.4, -0.2) is 10.9 Å². The first-order chi connectivity index (χ1) is 12.1. The molecule has 3 aromatic rings. The summed E-state index contributed by atoms with van der Waals surface area (Å²) in [6, 6.07) is 12.3. The van der Waals surface area contributed by atoms with Crippen molar-refractivity contribution in [3.05, 3.63) is 67.8 Å². The molecule has 0 aliphatic carbocycles. The second-order valence-corrected chi connectivity index (χ2v) is 8.07. The van der Waals surface area contributed by atoms with Crippen molar-refractivity contribution in [2.75, 3.05) is 4.90 Å². The Labute approximate surface area is 168 Å². The number of hydrogen-bond acceptors (Lipinski definition) is 5. The van der Waals surface area contributed by atoms with Gasteiger partial charge in [-0.25, -0.2) is 4.98 Å². The number of amides is 1. The molecule has 0 aliphatic heterocycles. The van der Waals surface area contributed by atoms with Gasteiger partial charge >= 0.3 is 0 Å². The van der Waals surface area contributed by atoms with Crippen LogP contribution < -0.4 is 10.6 Å². The second-order valence-electron chi connectivity index (χ2n) is 5.75. The van der Waals surface area contributed by atoms with E-state index in [9.17, 15) is 4.79 Å². The first kappa shape index (κ1) is 20.6. The fraction of sp³-hybridized carbons (Fsp3) is 0.263. The van der Waals surface area contributed by atoms with Crippen LogP contribution in [0.3, 0.4) is 0 Å². The van der Waals surface area contributed by atoms with Crippen LogP contribution in [0.1, 0.15) is 37.7 Å². The number of nitrogens with zero attached hydrogens (tertiary/aromatic N) is 2. The molecule has 1 aromatic carbocycles. The molecule has 26 heavy (non-hydrogen) atoms. The summed E-state index contributed by atoms with van der Waals surface area (Å²) >= 11 is 3.13. The molecular weight excluding hydrogens is 386 g/mol. The van der Waals surface area contributed by atoms with Gasteiger partial charge in [-0.1, -0.05) is 19.1 Å². The Balaban J connectivity index is 0.00000243. The van der Waals surface area contributed by atoms with Crippen molar-refractivity contribution in [1.29, 1.82) is 0 Å². The number of carbonyl (C=O) groups is 1. The Hall–Kier alpha value is -1.73. The highest BCUT2D eigenvalue weighted by molar-refractivity contribution is 7.12. The fourth-order valence-corrected chi connectivity index (χ4v) is 4.09. The largest absolute Gasteiger partial charge is 0.325 e. The van der Waals surface area contributed by atoms with E-state index in [-0.39, 0.29) is 18.3 Å². The Kier molecular flexibility index (Phi) is 7.34. The smallest absolute Gasteiger partial charge is 0.278 e. The number of rotatable bonds is 6. The highest BCUT2D eigenvalue weighted by Crippen LogP contribution is 2.25. The van der Waals surface area contributed by atoms with Crippen LogP contribution in [0.2, 0.25) is 0 Å². The average molecular weight is 408 g/mol. The molecule has 0 atom stereocenters. The Morgan fingerprint density at radius 2 is 1.92 bits per heavy atom. The van der Waals surface area contributed by atoms with E-state index >= 15 is 0 Å². The number of anilines is 1. The monoisotopic (exact) mass is 407 g/mol. The van der Waals surface area contributed by atoms with Crippen molar-refractivity contribution >= 4 is 46.7 Å². The normalized spacial score (nSPS) is 10.4. The number of hydrogen-bond donors (Lipinski definition) is 1. The SMILES string of the molecule is CCc1ccc(N(Cc2ccc(C)s2)C(=O)c2csc(CN)n2)cc1.Cl. The Bertz CT molecular complexity index is 858. The van der Waals surface area contributed by atoms with Crippen LogP contribution in [0.4, 0.5) is 5.69 Å². The number of carbonyl (C=O) groups excluding carboxylic acids is 1. The summed E-state index contributed by atoms with van der Waals surface area (Å²) in [6.07, 6.45) is 0.976. The Morgan fingerprint density at radius 3 is 2.46 bits per heavy atom. The lowest BCUT2D eigenvalue weighted by atomic mass is 10.1. The van der Waals surface area contributed by atoms with Crippen LogP contribution in [0.5, 0.6) is 0 Å². The van der Waals surface area contributed by atoms with Gasteiger partial charge in [-0.2, -0.15) is 0 Å². The number of aryl methyl sites for hydroxylation is 2. The summed E-state index contributed by atoms with van der Waals surface area (Å²) in [4.78, 5) is 21.6. The van der Waals surface area contributed by atoms with E-state index in [1.807, 2.05) is 12.1 Å². The molecule has 0 aliphatic rings. The molecular formula is C19H22ClN3OS2. The van der Waals surface area contributed by atoms with Crippen molar-refractivity contribution in [3.63, 3.8) is 0 Å². The molecule has 2 N–H and O–H groups in total. The molecule has 0 spiro atoms. The fourth-order valence-electron chi connectivity index (χ4n) is 2.56. The third kappa shape index (κ3) is 4.71. The quantitative estimate of drug-likeness (QED) is 0.638. The van der Waals surface area contributed by atoms with Crippen LogP contribution in [0, 0.1) is 6.92 Å². The molecule has 2 aromatic heterocycles. The van der Waals surface area contributed by atoms with Gasteiger partial charge in [-0.3, -0.25) is 4.79 Å². The van der Waals surface area contributed by atoms with E-state index < -0.39 is 0 Å². The lowest BCUT2D eigenvalue weighted by Gasteiger charge is -2.22. The van der Waals surface area contributed by atoms with E-state index in [1.165, 1.54) is 21.8 Å². The second kappa shape index (κ2) is 9.28. The summed E-state index contributed by atoms with van der Waals surface area (Å²) in [5.74, 6) is -0.0914. The van der Waals surface area contributed by atoms with Crippen LogP contribution in [0.15, 0.2) is 41.8 Å². The maximum Gasteiger partial charge on any atom is 0.278 e. The predicted octanol–water partition coefficient (Wildman–Crippen LogP) is 4.80. The number of thiazole rings is 1. The lowest BCUT2D eigenvalue weighted by Crippen LogP contribution is -2.30. The van der Waals surface area contributed by atoms with Gasteiger partial charge in [-0.15, -0.1) is 35.1 Å². The molecule has 0 saturated heterocycles. The number of thiophene rings is 1. The van der Waals surface area contributed by atoms with Crippen molar-refractivity contribution < 1.29 is 4.79 Å². The highest BCUT2D eigenvalue weighted by atomic mass is 35.5. The topological polar surface area (TPSA) is 59.2 Å². The first-order valence-electron chi connectivity index (χ1n) is 8.21. The van der Waals surface area contributed by atoms with Crippen molar-refractivity contribution in [2.24, 2.45) is 5.73 Å². The maximum atomic E-state index is 13.1. The van der Waals surface area contributed by atoms with Gasteiger partial charge in [0.15, 0.2) is 0 Å². The zero-order valence-corrected chi connectivity index (χ0v) is 17.2. The van der Waals surface area contributed by atoms with Gasteiger partial charge in [0.2, 0.25) is 0 Å². The van der Waals surface area contributed by atoms with E-state index in [1.54, 1.807) is 21.6 Å². The molecule has 0 fully saturated rings. The Morgan fingerprint density at radius 1 is 1.19 bits per heavy atom. The zero-order chi connectivity index (χ0) is 17.8. The molecule has 138 valence electrons. The first-order valence-corrected chi connectivity index (χ1v) is 9.91. The predicted molar refractivity (Wildman–Crippen MR) is 113 cm³/mol. The van der Waals surface area contributed by atoms with Crippen molar-refractivity contribution in [1.82, 2.24) is 4.98 Å². The third-order valence-corrected chi connectivity index (χ3v) is 5.81. The van der Waals surface area contributed by atoms with Gasteiger partial charge < -0.3 is 10.6 Å². The summed E-state index contributed by atoms with van der Waals surface area (Å²) in [7, 11) is 0. The molecule has 0 unspecified atom stereocenters. The van der Waals surface area contributed by atoms with E-state index in [4.69, 9.17) is 5.73 Å². The standard InChI is InChI=1S/C19H21N3OS2.ClH/c1-3-14-5-7-15(8-6-14)22(11-16-9-4-13(2)25-16)19(23)17-12-24-18(10-20)21-17;/h4-9,12H,3,10-11,20H2,1-2H3;1H. The average Bonchev–Trinajstić information content (AvgIpc) is 3.28. The number of aromatic nitrogens is 1. The summed E-state index contributed by atoms with van der Waals surface area (Å²) in [5, 5.41) is 2.56. The van der Waals surface area contributed by atoms with Gasteiger partial charge in [-0.05, 0) is 43.2 Å². The molecule has 4 nitrogen and oxygen atoms in total. The van der Waals surface area contributed by atoms with Gasteiger partial charge in [0.25, 0.3) is 5.91 Å². The van der Waals surface area contributed by atoms with Gasteiger partial charge in [0.05, 0.1) is 6.54 Å². The summed E-state index contributed by atoms with van der Waals surface area (Å²) < 4.78 is 0. The van der Waals surface area contributed by atoms with E-state index in [2.05, 4.69) is 43.1 Å². The zero-order valence-electron chi connectivity index (χ0n) is 14.8. The summed E-state index contributed by atoms with van der Waals surface area (Å²) in [5.41, 5.74) is 8.23. The van der Waals surface area contributed by atoms with E-state index in [0.29, 0.717) is 18.8 Å². The van der Waals surface area contributed by atoms with Crippen LogP contribution in [0.25, 0.3) is 0 Å². The van der Waals surface area contributed by atoms with Gasteiger partial charge in [0.1, 0.15) is 10.7 Å². The molecule has 3 rings (SSSR count). The number of benzene rings is 1. The lowest BCUT2D eigenvalue weighted by molar-refractivity contribution is 0.0981. The van der Waals surface area contributed by atoms with E-state index in [0.717, 1.165) is 22.0 Å².